The highest BCUT2D eigenvalue weighted by Crippen LogP contribution is 2.38. The fraction of sp³-hybridized carbons (Fsp3) is 0.367. The molecule has 6 rings (SSSR count). The van der Waals surface area contributed by atoms with E-state index in [-0.39, 0.29) is 11.6 Å². The van der Waals surface area contributed by atoms with Crippen molar-refractivity contribution in [1.29, 1.82) is 0 Å². The van der Waals surface area contributed by atoms with Crippen LogP contribution >= 0.6 is 12.9 Å². The van der Waals surface area contributed by atoms with E-state index in [2.05, 4.69) is 52.7 Å². The Labute approximate surface area is 413 Å². The Morgan fingerprint density at radius 1 is 0.456 bits per heavy atom. The number of carbonyl (C=O) groups is 2. The number of ether oxygens (including phenoxy) is 4. The molecule has 0 saturated carbocycles. The van der Waals surface area contributed by atoms with Gasteiger partial charge in [-0.25, -0.2) is 0 Å². The van der Waals surface area contributed by atoms with Gasteiger partial charge in [-0.2, -0.15) is 0 Å². The van der Waals surface area contributed by atoms with Crippen LogP contribution in [0.4, 0.5) is 0 Å². The molecule has 364 valence electrons. The molecule has 1 N–H and O–H groups in total. The first kappa shape index (κ1) is 56.5. The van der Waals surface area contributed by atoms with Crippen molar-refractivity contribution >= 4 is 24.5 Å². The number of carbonyl (C=O) groups excluding carboxylic acids is 2. The number of benzene rings is 6. The Morgan fingerprint density at radius 2 is 0.750 bits per heavy atom. The first-order valence-electron chi connectivity index (χ1n) is 24.6. The number of methoxy groups -OCH3 is 2. The van der Waals surface area contributed by atoms with Crippen molar-refractivity contribution in [3.8, 4) is 56.4 Å². The largest absolute Gasteiger partial charge is 0.496 e. The predicted molar refractivity (Wildman–Crippen MR) is 288 cm³/mol. The lowest BCUT2D eigenvalue weighted by Crippen LogP contribution is -2.11. The minimum atomic E-state index is -0.0354. The van der Waals surface area contributed by atoms with Crippen LogP contribution in [0, 0.1) is 11.8 Å². The highest BCUT2D eigenvalue weighted by atomic mass is 32.1. The lowest BCUT2D eigenvalue weighted by atomic mass is 9.95. The summed E-state index contributed by atoms with van der Waals surface area (Å²) in [5.41, 5.74) is 8.16. The summed E-state index contributed by atoms with van der Waals surface area (Å²) in [5, 5.41) is 0. The van der Waals surface area contributed by atoms with Crippen LogP contribution in [0.2, 0.25) is 0 Å². The van der Waals surface area contributed by atoms with Gasteiger partial charge in [0.15, 0.2) is 11.6 Å². The number of ketones is 2. The molecule has 0 aliphatic heterocycles. The van der Waals surface area contributed by atoms with E-state index in [1.807, 2.05) is 149 Å². The van der Waals surface area contributed by atoms with Crippen LogP contribution in [0.15, 0.2) is 133 Å². The third kappa shape index (κ3) is 16.2. The van der Waals surface area contributed by atoms with E-state index in [0.717, 1.165) is 69.2 Å². The van der Waals surface area contributed by atoms with Gasteiger partial charge in [-0.3, -0.25) is 9.59 Å². The summed E-state index contributed by atoms with van der Waals surface area (Å²) in [4.78, 5) is 26.8. The van der Waals surface area contributed by atoms with E-state index in [1.54, 1.807) is 14.2 Å². The smallest absolute Gasteiger partial charge is 0.193 e. The highest BCUT2D eigenvalue weighted by molar-refractivity contribution is 7.74. The Bertz CT molecular complexity index is 2190. The molecule has 2 atom stereocenters. The van der Waals surface area contributed by atoms with Gasteiger partial charge in [0.05, 0.1) is 27.4 Å². The Morgan fingerprint density at radius 3 is 1.03 bits per heavy atom. The molecular weight excluding hydrogens is 865 g/mol. The molecule has 0 radical (unpaired) electrons. The van der Waals surface area contributed by atoms with Gasteiger partial charge in [0.2, 0.25) is 0 Å². The molecule has 6 aromatic carbocycles. The molecule has 2 unspecified atom stereocenters. The maximum Gasteiger partial charge on any atom is 0.193 e. The Balaban J connectivity index is 0.00000196. The SMILES string of the molecule is CC.CC.CCCCC(CC)COc1ccc(C(=O)c2ccc(-c3ccc(-c4ccc(-c5ccc(C(=O)c6ccc(OCC(CC)CCCC)cc6)cc5)c(OC)c4)cc3OC)cc2)cc1.OS. The van der Waals surface area contributed by atoms with Crippen molar-refractivity contribution < 1.29 is 33.1 Å². The number of hydrogen-bond acceptors (Lipinski definition) is 8. The van der Waals surface area contributed by atoms with Crippen LogP contribution in [-0.2, 0) is 0 Å². The van der Waals surface area contributed by atoms with E-state index in [9.17, 15) is 9.59 Å². The second kappa shape index (κ2) is 31.3. The number of thiol groups is 1. The topological polar surface area (TPSA) is 91.3 Å². The average Bonchev–Trinajstić information content (AvgIpc) is 3.42. The van der Waals surface area contributed by atoms with Crippen LogP contribution in [0.25, 0.3) is 33.4 Å². The molecule has 7 nitrogen and oxygen atoms in total. The summed E-state index contributed by atoms with van der Waals surface area (Å²) in [5.74, 6) is 4.04. The maximum absolute atomic E-state index is 13.4. The van der Waals surface area contributed by atoms with E-state index >= 15 is 0 Å². The van der Waals surface area contributed by atoms with Crippen molar-refractivity contribution in [1.82, 2.24) is 0 Å². The zero-order valence-corrected chi connectivity index (χ0v) is 43.2. The zero-order chi connectivity index (χ0) is 49.8. The fourth-order valence-corrected chi connectivity index (χ4v) is 7.78. The summed E-state index contributed by atoms with van der Waals surface area (Å²) in [7, 11) is 3.34. The van der Waals surface area contributed by atoms with Gasteiger partial charge in [-0.1, -0.05) is 167 Å². The molecule has 0 aliphatic carbocycles. The molecule has 0 bridgehead atoms. The molecule has 0 amide bonds. The number of rotatable bonds is 23. The molecule has 68 heavy (non-hydrogen) atoms. The minimum Gasteiger partial charge on any atom is -0.496 e. The second-order valence-electron chi connectivity index (χ2n) is 16.1. The maximum atomic E-state index is 13.4. The van der Waals surface area contributed by atoms with E-state index < -0.39 is 0 Å². The van der Waals surface area contributed by atoms with Gasteiger partial charge in [-0.15, -0.1) is 0 Å². The molecule has 0 aliphatic rings. The predicted octanol–water partition coefficient (Wildman–Crippen LogP) is 16.8. The van der Waals surface area contributed by atoms with Crippen LogP contribution < -0.4 is 18.9 Å². The third-order valence-electron chi connectivity index (χ3n) is 11.9. The average molecular weight is 941 g/mol. The summed E-state index contributed by atoms with van der Waals surface area (Å²) >= 11 is 2.53. The van der Waals surface area contributed by atoms with Crippen LogP contribution in [-0.4, -0.2) is 43.6 Å². The van der Waals surface area contributed by atoms with Gasteiger partial charge in [0.25, 0.3) is 0 Å². The van der Waals surface area contributed by atoms with Gasteiger partial charge < -0.3 is 23.5 Å². The molecule has 0 aromatic heterocycles. The molecule has 0 heterocycles. The van der Waals surface area contributed by atoms with E-state index in [1.165, 1.54) is 38.5 Å². The molecular formula is C60H76O7S. The van der Waals surface area contributed by atoms with Gasteiger partial charge in [-0.05, 0) is 121 Å². The van der Waals surface area contributed by atoms with Crippen LogP contribution in [0.5, 0.6) is 23.0 Å². The van der Waals surface area contributed by atoms with Crippen LogP contribution in [0.1, 0.15) is 139 Å². The standard InChI is InChI=1S/C56H62O6.2C2H6.H2OS/c1-7-11-13-39(9-3)37-61-49-29-23-45(24-30-49)55(57)43-19-15-41(16-20-43)51-33-27-47(35-53(51)59-5)48-28-34-52(54(36-48)60-6)42-17-21-44(22-18-42)56(58)46-25-31-50(32-26-46)62-38-40(10-4)14-12-8-2;3*1-2/h15-36,39-40H,7-14,37-38H2,1-6H3;2*1-2H3;1-2H. The van der Waals surface area contributed by atoms with Gasteiger partial charge >= 0.3 is 0 Å². The summed E-state index contributed by atoms with van der Waals surface area (Å²) < 4.78 is 30.6. The number of hydrogen-bond donors (Lipinski definition) is 2. The van der Waals surface area contributed by atoms with Crippen molar-refractivity contribution in [2.75, 3.05) is 27.4 Å². The lowest BCUT2D eigenvalue weighted by Gasteiger charge is -2.15. The summed E-state index contributed by atoms with van der Waals surface area (Å²) in [6, 6.07) is 42.5. The molecule has 8 heteroatoms. The molecule has 6 aromatic rings. The molecule has 0 saturated heterocycles. The first-order chi connectivity index (χ1) is 33.3. The van der Waals surface area contributed by atoms with Gasteiger partial charge in [0, 0.05) is 33.4 Å². The molecule has 0 fully saturated rings. The summed E-state index contributed by atoms with van der Waals surface area (Å²) in [6.45, 7) is 18.2. The fourth-order valence-electron chi connectivity index (χ4n) is 7.78. The third-order valence-corrected chi connectivity index (χ3v) is 11.9. The Hall–Kier alpha value is -5.83. The highest BCUT2D eigenvalue weighted by Gasteiger charge is 2.16. The normalized spacial score (nSPS) is 11.2. The zero-order valence-electron chi connectivity index (χ0n) is 42.3. The quantitative estimate of drug-likeness (QED) is 0.0376. The number of unbranched alkanes of at least 4 members (excludes halogenated alkanes) is 2. The first-order valence-corrected chi connectivity index (χ1v) is 25.0. The lowest BCUT2D eigenvalue weighted by molar-refractivity contribution is 0.103. The molecule has 0 spiro atoms. The minimum absolute atomic E-state index is 0.0354. The van der Waals surface area contributed by atoms with Crippen LogP contribution in [0.3, 0.4) is 0 Å². The van der Waals surface area contributed by atoms with Crippen molar-refractivity contribution in [3.63, 3.8) is 0 Å². The van der Waals surface area contributed by atoms with Crippen molar-refractivity contribution in [3.05, 3.63) is 156 Å². The van der Waals surface area contributed by atoms with Crippen molar-refractivity contribution in [2.45, 2.75) is 107 Å². The van der Waals surface area contributed by atoms with E-state index in [0.29, 0.717) is 47.3 Å². The van der Waals surface area contributed by atoms with Crippen molar-refractivity contribution in [2.24, 2.45) is 11.8 Å². The van der Waals surface area contributed by atoms with Gasteiger partial charge in [0.1, 0.15) is 23.0 Å². The van der Waals surface area contributed by atoms with E-state index in [4.69, 9.17) is 23.5 Å². The second-order valence-corrected chi connectivity index (χ2v) is 16.1. The monoisotopic (exact) mass is 941 g/mol. The Kier molecular flexibility index (Phi) is 26.0. The summed E-state index contributed by atoms with van der Waals surface area (Å²) in [6.07, 6.45) is 9.37.